The first kappa shape index (κ1) is 27.7. The van der Waals surface area contributed by atoms with Gasteiger partial charge >= 0.3 is 0 Å². The number of para-hydroxylation sites is 2. The van der Waals surface area contributed by atoms with Crippen molar-refractivity contribution in [2.24, 2.45) is 0 Å². The molecule has 2 saturated heterocycles. The van der Waals surface area contributed by atoms with Crippen LogP contribution in [0.2, 0.25) is 0 Å². The average Bonchev–Trinajstić information content (AvgIpc) is 3.02. The highest BCUT2D eigenvalue weighted by molar-refractivity contribution is 7.90. The minimum absolute atomic E-state index is 0.0238. The van der Waals surface area contributed by atoms with Crippen molar-refractivity contribution in [3.8, 4) is 22.8 Å². The zero-order chi connectivity index (χ0) is 28.5. The summed E-state index contributed by atoms with van der Waals surface area (Å²) in [6.45, 7) is 1.76. The van der Waals surface area contributed by atoms with Crippen LogP contribution < -0.4 is 4.74 Å². The molecular weight excluding hydrogens is 568 g/mol. The Balaban J connectivity index is 1.33. The van der Waals surface area contributed by atoms with Gasteiger partial charge in [-0.2, -0.15) is 8.61 Å². The van der Waals surface area contributed by atoms with Crippen molar-refractivity contribution in [2.75, 3.05) is 52.6 Å². The van der Waals surface area contributed by atoms with Crippen LogP contribution in [0, 0.1) is 0 Å². The maximum Gasteiger partial charge on any atom is 0.246 e. The number of hydrogen-bond donors (Lipinski definition) is 0. The number of sulfonamides is 2. The van der Waals surface area contributed by atoms with Gasteiger partial charge in [0.15, 0.2) is 0 Å². The largest absolute Gasteiger partial charge is 0.456 e. The smallest absolute Gasteiger partial charge is 0.246 e. The van der Waals surface area contributed by atoms with Gasteiger partial charge in [0, 0.05) is 31.7 Å². The molecule has 11 nitrogen and oxygen atoms in total. The van der Waals surface area contributed by atoms with Crippen molar-refractivity contribution in [1.29, 1.82) is 0 Å². The minimum atomic E-state index is -4.10. The molecule has 0 radical (unpaired) electrons. The SMILES string of the molecule is O=S(=O)(c1ccc(Oc2ccc(-c3cnc4ccccc4n3)cc2)c(S(=O)(=O)N2CCOCC2)c1)N1CCOCC1. The molecule has 0 bridgehead atoms. The summed E-state index contributed by atoms with van der Waals surface area (Å²) in [7, 11) is -8.04. The molecule has 41 heavy (non-hydrogen) atoms. The summed E-state index contributed by atoms with van der Waals surface area (Å²) in [5, 5.41) is 0. The fourth-order valence-electron chi connectivity index (χ4n) is 4.71. The number of ether oxygens (including phenoxy) is 3. The van der Waals surface area contributed by atoms with E-state index in [4.69, 9.17) is 14.2 Å². The molecule has 1 aromatic heterocycles. The second-order valence-electron chi connectivity index (χ2n) is 9.51. The molecule has 0 N–H and O–H groups in total. The number of hydrogen-bond acceptors (Lipinski definition) is 9. The normalized spacial score (nSPS) is 17.5. The van der Waals surface area contributed by atoms with Crippen molar-refractivity contribution in [3.63, 3.8) is 0 Å². The Morgan fingerprint density at radius 3 is 1.98 bits per heavy atom. The van der Waals surface area contributed by atoms with Gasteiger partial charge in [-0.25, -0.2) is 21.8 Å². The molecule has 4 aromatic rings. The van der Waals surface area contributed by atoms with Gasteiger partial charge in [-0.1, -0.05) is 12.1 Å². The van der Waals surface area contributed by atoms with E-state index in [0.29, 0.717) is 11.4 Å². The van der Waals surface area contributed by atoms with Crippen LogP contribution in [0.4, 0.5) is 0 Å². The van der Waals surface area contributed by atoms with Crippen molar-refractivity contribution in [2.45, 2.75) is 9.79 Å². The number of benzene rings is 3. The molecule has 3 aromatic carbocycles. The number of morpholine rings is 2. The predicted molar refractivity (Wildman–Crippen MR) is 151 cm³/mol. The summed E-state index contributed by atoms with van der Waals surface area (Å²) < 4.78 is 73.5. The van der Waals surface area contributed by atoms with E-state index >= 15 is 0 Å². The summed E-state index contributed by atoms with van der Waals surface area (Å²) >= 11 is 0. The number of rotatable bonds is 7. The van der Waals surface area contributed by atoms with Gasteiger partial charge in [0.2, 0.25) is 20.0 Å². The second kappa shape index (κ2) is 11.4. The molecule has 2 aliphatic heterocycles. The maximum absolute atomic E-state index is 13.7. The Bertz CT molecular complexity index is 1770. The van der Waals surface area contributed by atoms with E-state index in [2.05, 4.69) is 9.97 Å². The third-order valence-electron chi connectivity index (χ3n) is 6.94. The highest BCUT2D eigenvalue weighted by Crippen LogP contribution is 2.35. The zero-order valence-corrected chi connectivity index (χ0v) is 23.7. The lowest BCUT2D eigenvalue weighted by molar-refractivity contribution is 0.0728. The Labute approximate surface area is 238 Å². The third kappa shape index (κ3) is 5.69. The van der Waals surface area contributed by atoms with Crippen LogP contribution in [-0.2, 0) is 29.5 Å². The highest BCUT2D eigenvalue weighted by Gasteiger charge is 2.33. The lowest BCUT2D eigenvalue weighted by Gasteiger charge is -2.28. The van der Waals surface area contributed by atoms with Gasteiger partial charge in [0.1, 0.15) is 16.4 Å². The van der Waals surface area contributed by atoms with Gasteiger partial charge in [0.05, 0.1) is 54.2 Å². The zero-order valence-electron chi connectivity index (χ0n) is 22.0. The predicted octanol–water partition coefficient (Wildman–Crippen LogP) is 3.13. The Hall–Kier alpha value is -3.46. The standard InChI is InChI=1S/C28H28N4O7S2/c33-40(34,31-11-15-37-16-12-31)23-9-10-27(28(19-23)41(35,36)32-13-17-38-18-14-32)39-22-7-5-21(6-8-22)26-20-29-24-3-1-2-4-25(24)30-26/h1-10,19-20H,11-18H2. The summed E-state index contributed by atoms with van der Waals surface area (Å²) in [5.74, 6) is 0.403. The van der Waals surface area contributed by atoms with Gasteiger partial charge in [-0.05, 0) is 54.6 Å². The monoisotopic (exact) mass is 596 g/mol. The molecule has 0 spiro atoms. The van der Waals surface area contributed by atoms with Gasteiger partial charge in [-0.3, -0.25) is 4.98 Å². The van der Waals surface area contributed by atoms with Crippen LogP contribution >= 0.6 is 0 Å². The molecule has 2 aliphatic rings. The molecule has 0 saturated carbocycles. The van der Waals surface area contributed by atoms with Crippen LogP contribution in [0.15, 0.2) is 82.7 Å². The minimum Gasteiger partial charge on any atom is -0.456 e. The van der Waals surface area contributed by atoms with E-state index < -0.39 is 20.0 Å². The van der Waals surface area contributed by atoms with E-state index in [1.807, 2.05) is 36.4 Å². The van der Waals surface area contributed by atoms with E-state index in [1.54, 1.807) is 18.3 Å². The quantitative estimate of drug-likeness (QED) is 0.316. The van der Waals surface area contributed by atoms with Crippen molar-refractivity contribution in [1.82, 2.24) is 18.6 Å². The number of nitrogens with zero attached hydrogens (tertiary/aromatic N) is 4. The second-order valence-corrected chi connectivity index (χ2v) is 13.4. The third-order valence-corrected chi connectivity index (χ3v) is 10.8. The molecule has 214 valence electrons. The fourth-order valence-corrected chi connectivity index (χ4v) is 7.77. The van der Waals surface area contributed by atoms with E-state index in [1.165, 1.54) is 26.8 Å². The molecular formula is C28H28N4O7S2. The average molecular weight is 597 g/mol. The highest BCUT2D eigenvalue weighted by atomic mass is 32.2. The Morgan fingerprint density at radius 2 is 1.32 bits per heavy atom. The molecule has 3 heterocycles. The van der Waals surface area contributed by atoms with E-state index in [9.17, 15) is 16.8 Å². The molecule has 0 unspecified atom stereocenters. The van der Waals surface area contributed by atoms with Gasteiger partial charge < -0.3 is 14.2 Å². The van der Waals surface area contributed by atoms with Crippen LogP contribution in [0.25, 0.3) is 22.3 Å². The van der Waals surface area contributed by atoms with Crippen LogP contribution in [0.3, 0.4) is 0 Å². The topological polar surface area (TPSA) is 128 Å². The molecule has 6 rings (SSSR count). The van der Waals surface area contributed by atoms with Crippen molar-refractivity contribution in [3.05, 3.63) is 72.9 Å². The first-order valence-electron chi connectivity index (χ1n) is 13.1. The summed E-state index contributed by atoms with van der Waals surface area (Å²) in [5.41, 5.74) is 3.06. The summed E-state index contributed by atoms with van der Waals surface area (Å²) in [4.78, 5) is 8.78. The number of aromatic nitrogens is 2. The van der Waals surface area contributed by atoms with Crippen LogP contribution in [0.1, 0.15) is 0 Å². The summed E-state index contributed by atoms with van der Waals surface area (Å²) in [6, 6.07) is 18.6. The maximum atomic E-state index is 13.7. The lowest BCUT2D eigenvalue weighted by atomic mass is 10.1. The van der Waals surface area contributed by atoms with Crippen molar-refractivity contribution < 1.29 is 31.0 Å². The first-order valence-corrected chi connectivity index (χ1v) is 16.0. The fraction of sp³-hybridized carbons (Fsp3) is 0.286. The van der Waals surface area contributed by atoms with Gasteiger partial charge in [0.25, 0.3) is 0 Å². The van der Waals surface area contributed by atoms with E-state index in [-0.39, 0.29) is 68.1 Å². The molecule has 0 amide bonds. The van der Waals surface area contributed by atoms with Crippen molar-refractivity contribution >= 4 is 31.1 Å². The first-order chi connectivity index (χ1) is 19.8. The summed E-state index contributed by atoms with van der Waals surface area (Å²) in [6.07, 6.45) is 1.69. The molecule has 0 aliphatic carbocycles. The lowest BCUT2D eigenvalue weighted by Crippen LogP contribution is -2.41. The molecule has 13 heteroatoms. The Morgan fingerprint density at radius 1 is 0.707 bits per heavy atom. The van der Waals surface area contributed by atoms with Crippen LogP contribution in [-0.4, -0.2) is 88.0 Å². The number of fused-ring (bicyclic) bond motifs is 1. The molecule has 2 fully saturated rings. The van der Waals surface area contributed by atoms with E-state index in [0.717, 1.165) is 16.6 Å². The van der Waals surface area contributed by atoms with Crippen LogP contribution in [0.5, 0.6) is 11.5 Å². The Kier molecular flexibility index (Phi) is 7.72. The van der Waals surface area contributed by atoms with Gasteiger partial charge in [-0.15, -0.1) is 0 Å². The molecule has 0 atom stereocenters.